The van der Waals surface area contributed by atoms with Gasteiger partial charge in [-0.1, -0.05) is 19.1 Å². The third-order valence-corrected chi connectivity index (χ3v) is 5.97. The van der Waals surface area contributed by atoms with Gasteiger partial charge < -0.3 is 14.7 Å². The number of amides is 1. The molecule has 0 aliphatic carbocycles. The summed E-state index contributed by atoms with van der Waals surface area (Å²) in [6.45, 7) is 3.50. The molecule has 0 unspecified atom stereocenters. The molecule has 3 rings (SSSR count). The molecule has 0 radical (unpaired) electrons. The number of hydrogen-bond acceptors (Lipinski definition) is 5. The molecule has 1 aromatic carbocycles. The van der Waals surface area contributed by atoms with Crippen LogP contribution >= 0.6 is 0 Å². The van der Waals surface area contributed by atoms with Crippen LogP contribution in [0.15, 0.2) is 34.9 Å². The number of rotatable bonds is 3. The van der Waals surface area contributed by atoms with Gasteiger partial charge >= 0.3 is 0 Å². The van der Waals surface area contributed by atoms with Crippen LogP contribution in [0.5, 0.6) is 0 Å². The molecule has 0 spiro atoms. The average Bonchev–Trinajstić information content (AvgIpc) is 2.60. The van der Waals surface area contributed by atoms with E-state index in [9.17, 15) is 18.3 Å². The highest BCUT2D eigenvalue weighted by Gasteiger charge is 2.41. The lowest BCUT2D eigenvalue weighted by Gasteiger charge is -2.35. The van der Waals surface area contributed by atoms with Crippen molar-refractivity contribution < 1.29 is 23.1 Å². The molecule has 2 heterocycles. The molecule has 0 atom stereocenters. The number of nitrogens with zero attached hydrogens (tertiary/aromatic N) is 2. The first kappa shape index (κ1) is 16.8. The van der Waals surface area contributed by atoms with E-state index in [4.69, 9.17) is 4.74 Å². The van der Waals surface area contributed by atoms with Crippen molar-refractivity contribution in [2.24, 2.45) is 0 Å². The van der Waals surface area contributed by atoms with Crippen LogP contribution < -0.4 is 0 Å². The molecule has 0 saturated carbocycles. The Kier molecular flexibility index (Phi) is 4.51. The Morgan fingerprint density at radius 2 is 1.92 bits per heavy atom. The van der Waals surface area contributed by atoms with E-state index in [1.807, 2.05) is 6.92 Å². The van der Waals surface area contributed by atoms with Crippen molar-refractivity contribution in [1.29, 1.82) is 0 Å². The lowest BCUT2D eigenvalue weighted by Crippen LogP contribution is -2.47. The molecule has 130 valence electrons. The van der Waals surface area contributed by atoms with Crippen molar-refractivity contribution in [3.63, 3.8) is 0 Å². The summed E-state index contributed by atoms with van der Waals surface area (Å²) >= 11 is 0. The maximum absolute atomic E-state index is 12.9. The Morgan fingerprint density at radius 1 is 1.25 bits per heavy atom. The topological polar surface area (TPSA) is 87.2 Å². The van der Waals surface area contributed by atoms with Crippen LogP contribution in [0.2, 0.25) is 0 Å². The largest absolute Gasteiger partial charge is 0.505 e. The van der Waals surface area contributed by atoms with E-state index in [1.54, 1.807) is 12.1 Å². The molecular weight excluding hydrogens is 332 g/mol. The number of benzene rings is 1. The zero-order valence-corrected chi connectivity index (χ0v) is 14.3. The van der Waals surface area contributed by atoms with Gasteiger partial charge in [-0.25, -0.2) is 8.42 Å². The molecule has 1 saturated heterocycles. The van der Waals surface area contributed by atoms with Crippen molar-refractivity contribution in [2.75, 3.05) is 32.8 Å². The lowest BCUT2D eigenvalue weighted by molar-refractivity contribution is -0.132. The molecule has 2 aliphatic heterocycles. The second-order valence-electron chi connectivity index (χ2n) is 5.68. The highest BCUT2D eigenvalue weighted by molar-refractivity contribution is 7.89. The molecule has 1 fully saturated rings. The molecule has 2 aliphatic rings. The zero-order valence-electron chi connectivity index (χ0n) is 13.4. The standard InChI is InChI=1S/C16H20N2O5S/c1-2-7-18-14(16(20)17-8-10-23-11-9-17)15(19)12-5-3-4-6-13(12)24(18,21)22/h3-6,19H,2,7-11H2,1H3. The van der Waals surface area contributed by atoms with E-state index in [0.717, 1.165) is 4.31 Å². The predicted molar refractivity (Wildman–Crippen MR) is 87.6 cm³/mol. The minimum absolute atomic E-state index is 0.0227. The number of sulfonamides is 1. The minimum atomic E-state index is -3.87. The van der Waals surface area contributed by atoms with Crippen LogP contribution in [-0.2, 0) is 19.6 Å². The van der Waals surface area contributed by atoms with Gasteiger partial charge in [0.1, 0.15) is 0 Å². The van der Waals surface area contributed by atoms with Crippen LogP contribution in [0, 0.1) is 0 Å². The van der Waals surface area contributed by atoms with E-state index in [2.05, 4.69) is 0 Å². The third-order valence-electron chi connectivity index (χ3n) is 4.11. The number of aliphatic hydroxyl groups is 1. The van der Waals surface area contributed by atoms with Gasteiger partial charge in [0.05, 0.1) is 18.1 Å². The summed E-state index contributed by atoms with van der Waals surface area (Å²) in [6.07, 6.45) is 0.522. The van der Waals surface area contributed by atoms with Crippen molar-refractivity contribution >= 4 is 21.7 Å². The summed E-state index contributed by atoms with van der Waals surface area (Å²) in [7, 11) is -3.87. The van der Waals surface area contributed by atoms with E-state index in [-0.39, 0.29) is 28.5 Å². The fourth-order valence-corrected chi connectivity index (χ4v) is 4.69. The summed E-state index contributed by atoms with van der Waals surface area (Å²) in [6, 6.07) is 6.19. The van der Waals surface area contributed by atoms with Crippen LogP contribution in [0.25, 0.3) is 5.76 Å². The first-order valence-electron chi connectivity index (χ1n) is 7.91. The number of hydrogen-bond donors (Lipinski definition) is 1. The smallest absolute Gasteiger partial charge is 0.275 e. The first-order chi connectivity index (χ1) is 11.5. The number of carbonyl (C=O) groups excluding carboxylic acids is 1. The second-order valence-corrected chi connectivity index (χ2v) is 7.51. The normalized spacial score (nSPS) is 20.0. The van der Waals surface area contributed by atoms with Gasteiger partial charge in [-0.05, 0) is 18.6 Å². The average molecular weight is 352 g/mol. The molecule has 1 amide bonds. The Morgan fingerprint density at radius 3 is 2.58 bits per heavy atom. The summed E-state index contributed by atoms with van der Waals surface area (Å²) in [5.41, 5.74) is -0.00101. The minimum Gasteiger partial charge on any atom is -0.505 e. The maximum Gasteiger partial charge on any atom is 0.275 e. The maximum atomic E-state index is 12.9. The fraction of sp³-hybridized carbons (Fsp3) is 0.438. The van der Waals surface area contributed by atoms with Gasteiger partial charge in [0.15, 0.2) is 11.5 Å². The first-order valence-corrected chi connectivity index (χ1v) is 9.35. The van der Waals surface area contributed by atoms with Crippen LogP contribution in [0.4, 0.5) is 0 Å². The summed E-state index contributed by atoms with van der Waals surface area (Å²) < 4.78 is 32.1. The molecule has 1 aromatic rings. The summed E-state index contributed by atoms with van der Waals surface area (Å²) in [5, 5.41) is 10.6. The molecule has 0 bridgehead atoms. The van der Waals surface area contributed by atoms with Crippen LogP contribution in [0.3, 0.4) is 0 Å². The van der Waals surface area contributed by atoms with Crippen molar-refractivity contribution in [3.8, 4) is 0 Å². The predicted octanol–water partition coefficient (Wildman–Crippen LogP) is 1.19. The van der Waals surface area contributed by atoms with Gasteiger partial charge in [0.2, 0.25) is 0 Å². The van der Waals surface area contributed by atoms with E-state index in [1.165, 1.54) is 17.0 Å². The van der Waals surface area contributed by atoms with Gasteiger partial charge in [-0.15, -0.1) is 0 Å². The Bertz CT molecular complexity index is 781. The molecule has 0 aromatic heterocycles. The Balaban J connectivity index is 2.14. The van der Waals surface area contributed by atoms with E-state index >= 15 is 0 Å². The number of ether oxygens (including phenoxy) is 1. The monoisotopic (exact) mass is 352 g/mol. The number of fused-ring (bicyclic) bond motifs is 1. The number of morpholine rings is 1. The molecular formula is C16H20N2O5S. The van der Waals surface area contributed by atoms with Gasteiger partial charge in [-0.2, -0.15) is 0 Å². The highest BCUT2D eigenvalue weighted by Crippen LogP contribution is 2.36. The Labute approximate surface area is 141 Å². The highest BCUT2D eigenvalue weighted by atomic mass is 32.2. The van der Waals surface area contributed by atoms with Gasteiger partial charge in [0, 0.05) is 25.2 Å². The molecule has 1 N–H and O–H groups in total. The summed E-state index contributed by atoms with van der Waals surface area (Å²) in [5.74, 6) is -0.771. The lowest BCUT2D eigenvalue weighted by atomic mass is 10.1. The number of aliphatic hydroxyl groups excluding tert-OH is 1. The summed E-state index contributed by atoms with van der Waals surface area (Å²) in [4.78, 5) is 14.4. The van der Waals surface area contributed by atoms with Crippen molar-refractivity contribution in [1.82, 2.24) is 9.21 Å². The number of carbonyl (C=O) groups is 1. The van der Waals surface area contributed by atoms with Crippen molar-refractivity contribution in [3.05, 3.63) is 35.5 Å². The van der Waals surface area contributed by atoms with Crippen LogP contribution in [-0.4, -0.2) is 61.5 Å². The van der Waals surface area contributed by atoms with Gasteiger partial charge in [0.25, 0.3) is 15.9 Å². The SMILES string of the molecule is CCCN1C(C(=O)N2CCOCC2)=C(O)c2ccccc2S1(=O)=O. The van der Waals surface area contributed by atoms with Crippen molar-refractivity contribution in [2.45, 2.75) is 18.2 Å². The second kappa shape index (κ2) is 6.45. The Hall–Kier alpha value is -2.06. The van der Waals surface area contributed by atoms with E-state index < -0.39 is 15.9 Å². The molecule has 8 heteroatoms. The third kappa shape index (κ3) is 2.65. The van der Waals surface area contributed by atoms with E-state index in [0.29, 0.717) is 32.7 Å². The molecule has 24 heavy (non-hydrogen) atoms. The molecule has 7 nitrogen and oxygen atoms in total. The van der Waals surface area contributed by atoms with Gasteiger partial charge in [-0.3, -0.25) is 9.10 Å². The zero-order chi connectivity index (χ0) is 17.3. The fourth-order valence-electron chi connectivity index (χ4n) is 2.93. The van der Waals surface area contributed by atoms with Crippen LogP contribution in [0.1, 0.15) is 18.9 Å². The quantitative estimate of drug-likeness (QED) is 0.883.